The third kappa shape index (κ3) is 2.37. The first kappa shape index (κ1) is 12.6. The van der Waals surface area contributed by atoms with E-state index in [1.165, 1.54) is 5.56 Å². The summed E-state index contributed by atoms with van der Waals surface area (Å²) < 4.78 is 14.3. The molecular formula is C13H11BrN2O2S. The average molecular weight is 339 g/mol. The van der Waals surface area contributed by atoms with Gasteiger partial charge >= 0.3 is 0 Å². The zero-order chi connectivity index (χ0) is 13.2. The fourth-order valence-corrected chi connectivity index (χ4v) is 3.16. The van der Waals surface area contributed by atoms with Crippen LogP contribution in [0.5, 0.6) is 5.75 Å². The molecule has 0 atom stereocenters. The first-order chi connectivity index (χ1) is 9.29. The Labute approximate surface area is 123 Å². The zero-order valence-electron chi connectivity index (χ0n) is 10.1. The lowest BCUT2D eigenvalue weighted by Gasteiger charge is -2.12. The predicted octanol–water partition coefficient (Wildman–Crippen LogP) is 3.65. The molecule has 2 aromatic carbocycles. The highest BCUT2D eigenvalue weighted by Crippen LogP contribution is 2.36. The van der Waals surface area contributed by atoms with Crippen LogP contribution in [0.2, 0.25) is 0 Å². The molecule has 0 spiro atoms. The van der Waals surface area contributed by atoms with Crippen molar-refractivity contribution in [2.45, 2.75) is 6.42 Å². The maximum absolute atomic E-state index is 5.46. The smallest absolute Gasteiger partial charge is 0.208 e. The molecule has 0 fully saturated rings. The molecule has 0 bridgehead atoms. The zero-order valence-corrected chi connectivity index (χ0v) is 12.5. The quantitative estimate of drug-likeness (QED) is 0.685. The molecule has 4 nitrogen and oxygen atoms in total. The van der Waals surface area contributed by atoms with Gasteiger partial charge in [0, 0.05) is 11.8 Å². The second-order valence-electron chi connectivity index (χ2n) is 4.07. The number of fused-ring (bicyclic) bond motifs is 1. The highest BCUT2D eigenvalue weighted by atomic mass is 79.9. The van der Waals surface area contributed by atoms with E-state index in [4.69, 9.17) is 9.02 Å². The minimum atomic E-state index is 0.691. The Morgan fingerprint density at radius 1 is 1.37 bits per heavy atom. The van der Waals surface area contributed by atoms with Gasteiger partial charge in [-0.3, -0.25) is 9.01 Å². The monoisotopic (exact) mass is 338 g/mol. The van der Waals surface area contributed by atoms with E-state index in [1.807, 2.05) is 12.1 Å². The van der Waals surface area contributed by atoms with Gasteiger partial charge < -0.3 is 4.74 Å². The Kier molecular flexibility index (Phi) is 3.52. The van der Waals surface area contributed by atoms with Crippen LogP contribution in [-0.4, -0.2) is 12.9 Å². The van der Waals surface area contributed by atoms with E-state index < -0.39 is 0 Å². The Bertz CT molecular complexity index is 660. The SMILES string of the molecule is COc1c(Br)cc(CC2=NOSN2)c2ccccc12. The summed E-state index contributed by atoms with van der Waals surface area (Å²) in [4.78, 5) is 0. The van der Waals surface area contributed by atoms with Crippen molar-refractivity contribution in [1.29, 1.82) is 0 Å². The third-order valence-corrected chi connectivity index (χ3v) is 4.00. The lowest BCUT2D eigenvalue weighted by molar-refractivity contribution is 0.415. The topological polar surface area (TPSA) is 42.9 Å². The van der Waals surface area contributed by atoms with E-state index in [2.05, 4.69) is 44.0 Å². The van der Waals surface area contributed by atoms with Gasteiger partial charge in [-0.15, -0.1) is 0 Å². The number of methoxy groups -OCH3 is 1. The van der Waals surface area contributed by atoms with Crippen LogP contribution in [0.15, 0.2) is 40.0 Å². The Balaban J connectivity index is 2.13. The van der Waals surface area contributed by atoms with Gasteiger partial charge in [-0.25, -0.2) is 0 Å². The number of nitrogens with one attached hydrogen (secondary N) is 1. The fourth-order valence-electron chi connectivity index (χ4n) is 2.14. The standard InChI is InChI=1S/C13H11BrN2O2S/c1-17-13-10-5-3-2-4-9(10)8(6-11(13)14)7-12-15-18-19-16-12/h2-6H,7H2,1H3,(H,15,16). The first-order valence-corrected chi connectivity index (χ1v) is 7.22. The Morgan fingerprint density at radius 3 is 2.84 bits per heavy atom. The summed E-state index contributed by atoms with van der Waals surface area (Å²) in [5.74, 6) is 1.67. The summed E-state index contributed by atoms with van der Waals surface area (Å²) in [7, 11) is 1.68. The van der Waals surface area contributed by atoms with Crippen LogP contribution in [-0.2, 0) is 10.7 Å². The van der Waals surface area contributed by atoms with Gasteiger partial charge in [0.05, 0.1) is 11.6 Å². The van der Waals surface area contributed by atoms with Crippen molar-refractivity contribution in [2.75, 3.05) is 7.11 Å². The molecule has 98 valence electrons. The van der Waals surface area contributed by atoms with Crippen LogP contribution in [0.1, 0.15) is 5.56 Å². The summed E-state index contributed by atoms with van der Waals surface area (Å²) in [6.45, 7) is 0. The molecule has 6 heteroatoms. The average Bonchev–Trinajstić information content (AvgIpc) is 2.92. The molecule has 2 aromatic rings. The molecule has 1 aliphatic rings. The largest absolute Gasteiger partial charge is 0.495 e. The van der Waals surface area contributed by atoms with Gasteiger partial charge in [0.25, 0.3) is 0 Å². The lowest BCUT2D eigenvalue weighted by Crippen LogP contribution is -2.14. The molecule has 0 aromatic heterocycles. The van der Waals surface area contributed by atoms with Crippen LogP contribution >= 0.6 is 28.2 Å². The number of oxime groups is 1. The van der Waals surface area contributed by atoms with Crippen LogP contribution in [0, 0.1) is 0 Å². The van der Waals surface area contributed by atoms with Crippen molar-refractivity contribution in [1.82, 2.24) is 4.72 Å². The summed E-state index contributed by atoms with van der Waals surface area (Å²) in [6, 6.07) is 10.2. The van der Waals surface area contributed by atoms with E-state index in [0.717, 1.165) is 39.1 Å². The Morgan fingerprint density at radius 2 is 2.16 bits per heavy atom. The van der Waals surface area contributed by atoms with Gasteiger partial charge in [-0.05, 0) is 32.9 Å². The van der Waals surface area contributed by atoms with Crippen molar-refractivity contribution < 1.29 is 9.02 Å². The summed E-state index contributed by atoms with van der Waals surface area (Å²) in [5, 5.41) is 6.17. The van der Waals surface area contributed by atoms with Crippen LogP contribution in [0.4, 0.5) is 0 Å². The molecule has 0 radical (unpaired) electrons. The Hall–Kier alpha value is -1.40. The van der Waals surface area contributed by atoms with Gasteiger partial charge in [0.2, 0.25) is 12.2 Å². The third-order valence-electron chi connectivity index (χ3n) is 2.94. The molecule has 0 unspecified atom stereocenters. The second kappa shape index (κ2) is 5.30. The van der Waals surface area contributed by atoms with Crippen LogP contribution in [0.3, 0.4) is 0 Å². The summed E-state index contributed by atoms with van der Waals surface area (Å²) in [5.41, 5.74) is 1.17. The van der Waals surface area contributed by atoms with E-state index in [9.17, 15) is 0 Å². The fraction of sp³-hybridized carbons (Fsp3) is 0.154. The number of hydrogen-bond acceptors (Lipinski definition) is 5. The molecule has 0 saturated heterocycles. The van der Waals surface area contributed by atoms with E-state index >= 15 is 0 Å². The van der Waals surface area contributed by atoms with Gasteiger partial charge in [0.15, 0.2) is 5.84 Å². The molecule has 1 N–H and O–H groups in total. The minimum Gasteiger partial charge on any atom is -0.495 e. The van der Waals surface area contributed by atoms with Gasteiger partial charge in [-0.2, -0.15) is 0 Å². The summed E-state index contributed by atoms with van der Waals surface area (Å²) in [6.07, 6.45) is 0.691. The molecule has 3 rings (SSSR count). The highest BCUT2D eigenvalue weighted by molar-refractivity contribution is 9.10. The van der Waals surface area contributed by atoms with Crippen LogP contribution in [0.25, 0.3) is 10.8 Å². The number of hydrogen-bond donors (Lipinski definition) is 1. The molecule has 1 heterocycles. The molecule has 1 aliphatic heterocycles. The number of amidine groups is 1. The molecule has 0 aliphatic carbocycles. The maximum atomic E-state index is 5.46. The number of nitrogens with zero attached hydrogens (tertiary/aromatic N) is 1. The number of rotatable bonds is 3. The van der Waals surface area contributed by atoms with Crippen molar-refractivity contribution >= 4 is 44.8 Å². The molecule has 19 heavy (non-hydrogen) atoms. The van der Waals surface area contributed by atoms with Crippen molar-refractivity contribution in [2.24, 2.45) is 5.16 Å². The highest BCUT2D eigenvalue weighted by Gasteiger charge is 2.15. The predicted molar refractivity (Wildman–Crippen MR) is 81.2 cm³/mol. The maximum Gasteiger partial charge on any atom is 0.208 e. The molecule has 0 amide bonds. The van der Waals surface area contributed by atoms with Gasteiger partial charge in [0.1, 0.15) is 5.75 Å². The number of halogens is 1. The van der Waals surface area contributed by atoms with E-state index in [1.54, 1.807) is 7.11 Å². The van der Waals surface area contributed by atoms with Crippen molar-refractivity contribution in [3.63, 3.8) is 0 Å². The number of ether oxygens (including phenoxy) is 1. The molecule has 0 saturated carbocycles. The second-order valence-corrected chi connectivity index (χ2v) is 5.45. The van der Waals surface area contributed by atoms with Crippen molar-refractivity contribution in [3.05, 3.63) is 40.4 Å². The number of benzene rings is 2. The minimum absolute atomic E-state index is 0.691. The molecular weight excluding hydrogens is 328 g/mol. The summed E-state index contributed by atoms with van der Waals surface area (Å²) >= 11 is 4.68. The van der Waals surface area contributed by atoms with Crippen molar-refractivity contribution in [3.8, 4) is 5.75 Å². The van der Waals surface area contributed by atoms with Crippen LogP contribution < -0.4 is 9.46 Å². The first-order valence-electron chi connectivity index (χ1n) is 5.69. The van der Waals surface area contributed by atoms with Gasteiger partial charge in [-0.1, -0.05) is 29.4 Å². The van der Waals surface area contributed by atoms with E-state index in [0.29, 0.717) is 6.42 Å². The lowest BCUT2D eigenvalue weighted by atomic mass is 10.0. The normalized spacial score (nSPS) is 13.9. The van der Waals surface area contributed by atoms with E-state index in [-0.39, 0.29) is 0 Å².